The summed E-state index contributed by atoms with van der Waals surface area (Å²) in [7, 11) is -0.120. The summed E-state index contributed by atoms with van der Waals surface area (Å²) in [5, 5.41) is 2.97. The van der Waals surface area contributed by atoms with Gasteiger partial charge in [-0.15, -0.1) is 0 Å². The van der Waals surface area contributed by atoms with E-state index in [1.165, 1.54) is 18.1 Å². The third-order valence-corrected chi connectivity index (χ3v) is 8.25. The maximum atomic E-state index is 13.0. The van der Waals surface area contributed by atoms with Crippen molar-refractivity contribution in [1.82, 2.24) is 0 Å². The Labute approximate surface area is 215 Å². The molecule has 188 valence electrons. The Morgan fingerprint density at radius 1 is 1.06 bits per heavy atom. The molecule has 1 aliphatic rings. The molecule has 2 amide bonds. The normalized spacial score (nSPS) is 13.2. The number of hydrogen-bond acceptors (Lipinski definition) is 5. The fourth-order valence-electron chi connectivity index (χ4n) is 3.86. The van der Waals surface area contributed by atoms with Crippen LogP contribution in [0.25, 0.3) is 0 Å². The van der Waals surface area contributed by atoms with Gasteiger partial charge in [0.05, 0.1) is 40.5 Å². The molecular formula is C27H27ClN2O5S. The van der Waals surface area contributed by atoms with Gasteiger partial charge in [-0.25, -0.2) is 8.42 Å². The summed E-state index contributed by atoms with van der Waals surface area (Å²) < 4.78 is 30.1. The van der Waals surface area contributed by atoms with Crippen LogP contribution in [0.5, 0.6) is 5.75 Å². The summed E-state index contributed by atoms with van der Waals surface area (Å²) in [5.74, 6) is 0.405. The second-order valence-corrected chi connectivity index (χ2v) is 11.3. The number of sulfone groups is 1. The average Bonchev–Trinajstić information content (AvgIpc) is 3.67. The van der Waals surface area contributed by atoms with Crippen molar-refractivity contribution in [3.8, 4) is 5.75 Å². The first-order chi connectivity index (χ1) is 17.2. The van der Waals surface area contributed by atoms with Crippen LogP contribution >= 0.6 is 11.6 Å². The third kappa shape index (κ3) is 6.06. The van der Waals surface area contributed by atoms with Crippen molar-refractivity contribution < 1.29 is 22.7 Å². The molecule has 3 aromatic carbocycles. The summed E-state index contributed by atoms with van der Waals surface area (Å²) in [4.78, 5) is 27.3. The molecule has 1 saturated carbocycles. The lowest BCUT2D eigenvalue weighted by Gasteiger charge is -2.20. The number of para-hydroxylation sites is 2. The van der Waals surface area contributed by atoms with E-state index in [-0.39, 0.29) is 45.4 Å². The van der Waals surface area contributed by atoms with Crippen molar-refractivity contribution in [3.05, 3.63) is 82.9 Å². The van der Waals surface area contributed by atoms with E-state index in [1.807, 2.05) is 12.1 Å². The number of halogens is 1. The van der Waals surface area contributed by atoms with Crippen molar-refractivity contribution in [2.75, 3.05) is 30.1 Å². The lowest BCUT2D eigenvalue weighted by Crippen LogP contribution is -2.27. The van der Waals surface area contributed by atoms with Crippen LogP contribution in [0.4, 0.5) is 11.4 Å². The Morgan fingerprint density at radius 2 is 1.75 bits per heavy atom. The van der Waals surface area contributed by atoms with Crippen molar-refractivity contribution in [2.24, 2.45) is 5.92 Å². The van der Waals surface area contributed by atoms with E-state index in [9.17, 15) is 18.0 Å². The molecule has 0 unspecified atom stereocenters. The Kier molecular flexibility index (Phi) is 7.66. The van der Waals surface area contributed by atoms with Gasteiger partial charge in [-0.05, 0) is 66.8 Å². The molecule has 0 saturated heterocycles. The number of nitrogens with one attached hydrogen (secondary N) is 1. The molecule has 0 radical (unpaired) electrons. The van der Waals surface area contributed by atoms with Crippen LogP contribution in [0.3, 0.4) is 0 Å². The second kappa shape index (κ2) is 10.7. The Bertz CT molecular complexity index is 1390. The van der Waals surface area contributed by atoms with Gasteiger partial charge in [0.15, 0.2) is 9.84 Å². The van der Waals surface area contributed by atoms with Gasteiger partial charge in [0.25, 0.3) is 5.91 Å². The minimum atomic E-state index is -3.29. The number of carbonyl (C=O) groups is 2. The number of rotatable bonds is 9. The van der Waals surface area contributed by atoms with Crippen molar-refractivity contribution in [1.29, 1.82) is 0 Å². The van der Waals surface area contributed by atoms with Gasteiger partial charge in [-0.2, -0.15) is 0 Å². The molecule has 0 bridgehead atoms. The zero-order chi connectivity index (χ0) is 25.9. The number of methoxy groups -OCH3 is 1. The highest BCUT2D eigenvalue weighted by Gasteiger charge is 2.29. The topological polar surface area (TPSA) is 92.8 Å². The molecule has 0 atom stereocenters. The Hall–Kier alpha value is -3.36. The first kappa shape index (κ1) is 25.7. The highest BCUT2D eigenvalue weighted by molar-refractivity contribution is 7.91. The van der Waals surface area contributed by atoms with Crippen LogP contribution in [0.15, 0.2) is 71.6 Å². The second-order valence-electron chi connectivity index (χ2n) is 8.82. The minimum Gasteiger partial charge on any atom is -0.495 e. The van der Waals surface area contributed by atoms with Crippen LogP contribution in [-0.4, -0.2) is 40.1 Å². The quantitative estimate of drug-likeness (QED) is 0.424. The molecule has 3 aromatic rings. The standard InChI is InChI=1S/C27H27ClN2O5S/c1-30(24-5-3-4-6-25(24)35-2)27(32)22-14-11-20(16-23(22)28)29-26(31)15-18-9-12-21(13-10-18)36(33,34)17-19-7-8-19/h3-6,9-14,16,19H,7-8,15,17H2,1-2H3,(H,29,31). The number of benzene rings is 3. The van der Waals surface area contributed by atoms with E-state index in [2.05, 4.69) is 5.32 Å². The van der Waals surface area contributed by atoms with Gasteiger partial charge < -0.3 is 15.0 Å². The van der Waals surface area contributed by atoms with Gasteiger partial charge in [0.1, 0.15) is 5.75 Å². The van der Waals surface area contributed by atoms with Gasteiger partial charge in [0, 0.05) is 12.7 Å². The van der Waals surface area contributed by atoms with Crippen LogP contribution in [0, 0.1) is 5.92 Å². The smallest absolute Gasteiger partial charge is 0.259 e. The molecule has 0 heterocycles. The van der Waals surface area contributed by atoms with Gasteiger partial charge in [-0.3, -0.25) is 9.59 Å². The fraction of sp³-hybridized carbons (Fsp3) is 0.259. The zero-order valence-electron chi connectivity index (χ0n) is 20.0. The van der Waals surface area contributed by atoms with E-state index >= 15 is 0 Å². The molecule has 36 heavy (non-hydrogen) atoms. The molecule has 4 rings (SSSR count). The molecule has 1 N–H and O–H groups in total. The highest BCUT2D eigenvalue weighted by atomic mass is 35.5. The summed E-state index contributed by atoms with van der Waals surface area (Å²) >= 11 is 6.39. The fourth-order valence-corrected chi connectivity index (χ4v) is 5.82. The molecule has 7 nitrogen and oxygen atoms in total. The number of amides is 2. The summed E-state index contributed by atoms with van der Waals surface area (Å²) in [5.41, 5.74) is 2.02. The number of anilines is 2. The lowest BCUT2D eigenvalue weighted by molar-refractivity contribution is -0.115. The van der Waals surface area contributed by atoms with E-state index in [0.717, 1.165) is 12.8 Å². The van der Waals surface area contributed by atoms with Crippen LogP contribution in [0.1, 0.15) is 28.8 Å². The maximum absolute atomic E-state index is 13.0. The Balaban J connectivity index is 1.39. The van der Waals surface area contributed by atoms with Crippen LogP contribution < -0.4 is 15.0 Å². The predicted octanol–water partition coefficient (Wildman–Crippen LogP) is 4.99. The van der Waals surface area contributed by atoms with Crippen molar-refractivity contribution >= 4 is 44.6 Å². The molecule has 0 aromatic heterocycles. The van der Waals surface area contributed by atoms with Crippen LogP contribution in [0.2, 0.25) is 5.02 Å². The molecular weight excluding hydrogens is 500 g/mol. The average molecular weight is 527 g/mol. The molecule has 1 fully saturated rings. The van der Waals surface area contributed by atoms with Gasteiger partial charge >= 0.3 is 0 Å². The van der Waals surface area contributed by atoms with Crippen LogP contribution in [-0.2, 0) is 21.1 Å². The minimum absolute atomic E-state index is 0.0673. The van der Waals surface area contributed by atoms with Gasteiger partial charge in [-0.1, -0.05) is 35.9 Å². The summed E-state index contributed by atoms with van der Waals surface area (Å²) in [6.45, 7) is 0. The van der Waals surface area contributed by atoms with E-state index in [1.54, 1.807) is 55.6 Å². The molecule has 1 aliphatic carbocycles. The number of hydrogen-bond donors (Lipinski definition) is 1. The number of ether oxygens (including phenoxy) is 1. The highest BCUT2D eigenvalue weighted by Crippen LogP contribution is 2.32. The number of nitrogens with zero attached hydrogens (tertiary/aromatic N) is 1. The first-order valence-electron chi connectivity index (χ1n) is 11.5. The molecule has 0 spiro atoms. The zero-order valence-corrected chi connectivity index (χ0v) is 21.6. The predicted molar refractivity (Wildman–Crippen MR) is 141 cm³/mol. The van der Waals surface area contributed by atoms with Gasteiger partial charge in [0.2, 0.25) is 5.91 Å². The Morgan fingerprint density at radius 3 is 2.39 bits per heavy atom. The van der Waals surface area contributed by atoms with E-state index in [0.29, 0.717) is 22.7 Å². The lowest BCUT2D eigenvalue weighted by atomic mass is 10.1. The summed E-state index contributed by atoms with van der Waals surface area (Å²) in [6.07, 6.45) is 2.00. The van der Waals surface area contributed by atoms with Crippen molar-refractivity contribution in [3.63, 3.8) is 0 Å². The number of carbonyl (C=O) groups excluding carboxylic acids is 2. The monoisotopic (exact) mass is 526 g/mol. The largest absolute Gasteiger partial charge is 0.495 e. The van der Waals surface area contributed by atoms with Crippen molar-refractivity contribution in [2.45, 2.75) is 24.2 Å². The molecule has 0 aliphatic heterocycles. The van der Waals surface area contributed by atoms with E-state index < -0.39 is 9.84 Å². The summed E-state index contributed by atoms with van der Waals surface area (Å²) in [6, 6.07) is 18.3. The third-order valence-electron chi connectivity index (χ3n) is 6.03. The molecule has 9 heteroatoms. The maximum Gasteiger partial charge on any atom is 0.259 e. The van der Waals surface area contributed by atoms with E-state index in [4.69, 9.17) is 16.3 Å². The first-order valence-corrected chi connectivity index (χ1v) is 13.5. The SMILES string of the molecule is COc1ccccc1N(C)C(=O)c1ccc(NC(=O)Cc2ccc(S(=O)(=O)CC3CC3)cc2)cc1Cl.